The van der Waals surface area contributed by atoms with Gasteiger partial charge in [0.2, 0.25) is 0 Å². The molecule has 10 heteroatoms. The van der Waals surface area contributed by atoms with Gasteiger partial charge in [-0.2, -0.15) is 13.2 Å². The molecule has 31 heavy (non-hydrogen) atoms. The predicted molar refractivity (Wildman–Crippen MR) is 112 cm³/mol. The van der Waals surface area contributed by atoms with Crippen molar-refractivity contribution in [2.45, 2.75) is 12.2 Å². The third kappa shape index (κ3) is 5.36. The van der Waals surface area contributed by atoms with Gasteiger partial charge in [-0.05, 0) is 29.8 Å². The quantitative estimate of drug-likeness (QED) is 0.528. The van der Waals surface area contributed by atoms with Crippen LogP contribution in [-0.2, 0) is 6.18 Å². The van der Waals surface area contributed by atoms with Crippen molar-refractivity contribution < 1.29 is 22.6 Å². The lowest BCUT2D eigenvalue weighted by atomic mass is 10.1. The zero-order valence-electron chi connectivity index (χ0n) is 16.7. The zero-order chi connectivity index (χ0) is 22.6. The monoisotopic (exact) mass is 452 g/mol. The van der Waals surface area contributed by atoms with E-state index in [0.29, 0.717) is 35.1 Å². The largest absolute Gasteiger partial charge is 0.493 e. The van der Waals surface area contributed by atoms with Gasteiger partial charge >= 0.3 is 6.18 Å². The van der Waals surface area contributed by atoms with Crippen molar-refractivity contribution in [2.24, 2.45) is 5.73 Å². The number of halogens is 4. The molecule has 1 heterocycles. The zero-order valence-corrected chi connectivity index (χ0v) is 17.5. The van der Waals surface area contributed by atoms with E-state index in [9.17, 15) is 13.2 Å². The molecule has 1 unspecified atom stereocenters. The van der Waals surface area contributed by atoms with Crippen LogP contribution in [0.25, 0.3) is 11.3 Å². The van der Waals surface area contributed by atoms with Crippen molar-refractivity contribution in [1.82, 2.24) is 9.97 Å². The van der Waals surface area contributed by atoms with Crippen molar-refractivity contribution in [3.8, 4) is 22.8 Å². The Morgan fingerprint density at radius 2 is 1.77 bits per heavy atom. The molecule has 0 radical (unpaired) electrons. The van der Waals surface area contributed by atoms with Crippen molar-refractivity contribution in [3.63, 3.8) is 0 Å². The van der Waals surface area contributed by atoms with E-state index in [-0.39, 0.29) is 6.04 Å². The molecule has 0 spiro atoms. The van der Waals surface area contributed by atoms with Crippen LogP contribution >= 0.6 is 11.6 Å². The van der Waals surface area contributed by atoms with E-state index in [2.05, 4.69) is 15.3 Å². The predicted octanol–water partition coefficient (Wildman–Crippen LogP) is 4.94. The molecule has 0 aliphatic carbocycles. The lowest BCUT2D eigenvalue weighted by molar-refractivity contribution is -0.137. The highest BCUT2D eigenvalue weighted by Gasteiger charge is 2.33. The molecular formula is C21H20ClF3N4O2. The van der Waals surface area contributed by atoms with Crippen LogP contribution in [0, 0.1) is 0 Å². The molecule has 1 aromatic heterocycles. The Balaban J connectivity index is 1.73. The van der Waals surface area contributed by atoms with Gasteiger partial charge in [-0.3, -0.25) is 0 Å². The number of rotatable bonds is 7. The number of methoxy groups -OCH3 is 2. The standard InChI is InChI=1S/C21H20ClF3N4O2/c1-30-18-6-4-12(8-19(18)31-2)16(26)10-27-20-9-17(28-11-29-20)13-3-5-14(15(22)7-13)21(23,24)25/h3-9,11,16H,10,26H2,1-2H3,(H,27,28,29). The van der Waals surface area contributed by atoms with Gasteiger partial charge in [0, 0.05) is 24.2 Å². The first kappa shape index (κ1) is 22.6. The van der Waals surface area contributed by atoms with Crippen LogP contribution in [0.15, 0.2) is 48.8 Å². The number of hydrogen-bond donors (Lipinski definition) is 2. The molecule has 0 aliphatic rings. The number of ether oxygens (including phenoxy) is 2. The van der Waals surface area contributed by atoms with E-state index in [4.69, 9.17) is 26.8 Å². The van der Waals surface area contributed by atoms with Gasteiger partial charge in [0.25, 0.3) is 0 Å². The molecule has 6 nitrogen and oxygen atoms in total. The topological polar surface area (TPSA) is 82.3 Å². The minimum Gasteiger partial charge on any atom is -0.493 e. The lowest BCUT2D eigenvalue weighted by Gasteiger charge is -2.16. The third-order valence-electron chi connectivity index (χ3n) is 4.58. The summed E-state index contributed by atoms with van der Waals surface area (Å²) in [6.07, 6.45) is -3.21. The van der Waals surface area contributed by atoms with Crippen LogP contribution < -0.4 is 20.5 Å². The first-order valence-electron chi connectivity index (χ1n) is 9.13. The van der Waals surface area contributed by atoms with Gasteiger partial charge in [0.05, 0.1) is 30.5 Å². The number of anilines is 1. The molecule has 0 aliphatic heterocycles. The molecule has 0 saturated carbocycles. The Hall–Kier alpha value is -3.04. The summed E-state index contributed by atoms with van der Waals surface area (Å²) in [5.41, 5.74) is 7.05. The molecule has 0 fully saturated rings. The highest BCUT2D eigenvalue weighted by molar-refractivity contribution is 6.31. The highest BCUT2D eigenvalue weighted by atomic mass is 35.5. The second kappa shape index (κ2) is 9.40. The summed E-state index contributed by atoms with van der Waals surface area (Å²) in [5, 5.41) is 2.71. The number of benzene rings is 2. The van der Waals surface area contributed by atoms with Crippen molar-refractivity contribution in [1.29, 1.82) is 0 Å². The second-order valence-electron chi connectivity index (χ2n) is 6.58. The molecular weight excluding hydrogens is 433 g/mol. The molecule has 0 bridgehead atoms. The molecule has 3 aromatic rings. The van der Waals surface area contributed by atoms with Gasteiger partial charge in [-0.15, -0.1) is 0 Å². The van der Waals surface area contributed by atoms with Crippen molar-refractivity contribution >= 4 is 17.4 Å². The second-order valence-corrected chi connectivity index (χ2v) is 6.99. The summed E-state index contributed by atoms with van der Waals surface area (Å²) in [6.45, 7) is 0.347. The maximum atomic E-state index is 12.9. The van der Waals surface area contributed by atoms with Gasteiger partial charge in [-0.1, -0.05) is 23.7 Å². The van der Waals surface area contributed by atoms with Gasteiger partial charge in [-0.25, -0.2) is 9.97 Å². The Bertz CT molecular complexity index is 1060. The van der Waals surface area contributed by atoms with E-state index < -0.39 is 16.8 Å². The Kier molecular flexibility index (Phi) is 6.87. The van der Waals surface area contributed by atoms with Crippen LogP contribution in [0.4, 0.5) is 19.0 Å². The van der Waals surface area contributed by atoms with Crippen molar-refractivity contribution in [2.75, 3.05) is 26.1 Å². The molecule has 2 aromatic carbocycles. The summed E-state index contributed by atoms with van der Waals surface area (Å²) >= 11 is 5.81. The summed E-state index contributed by atoms with van der Waals surface area (Å²) in [4.78, 5) is 8.25. The fourth-order valence-electron chi connectivity index (χ4n) is 2.93. The number of alkyl halides is 3. The number of nitrogens with two attached hydrogens (primary N) is 1. The number of nitrogens with one attached hydrogen (secondary N) is 1. The number of nitrogens with zero attached hydrogens (tertiary/aromatic N) is 2. The molecule has 164 valence electrons. The van der Waals surface area contributed by atoms with E-state index in [0.717, 1.165) is 11.6 Å². The Labute approximate surface area is 182 Å². The first-order chi connectivity index (χ1) is 14.7. The van der Waals surface area contributed by atoms with Crippen LogP contribution in [-0.4, -0.2) is 30.7 Å². The van der Waals surface area contributed by atoms with Crippen LogP contribution in [0.3, 0.4) is 0 Å². The summed E-state index contributed by atoms with van der Waals surface area (Å²) in [7, 11) is 3.09. The first-order valence-corrected chi connectivity index (χ1v) is 9.51. The van der Waals surface area contributed by atoms with E-state index in [1.807, 2.05) is 6.07 Å². The fraction of sp³-hybridized carbons (Fsp3) is 0.238. The van der Waals surface area contributed by atoms with Crippen molar-refractivity contribution in [3.05, 3.63) is 64.9 Å². The highest BCUT2D eigenvalue weighted by Crippen LogP contribution is 2.36. The Morgan fingerprint density at radius 1 is 1.03 bits per heavy atom. The molecule has 1 atom stereocenters. The minimum absolute atomic E-state index is 0.347. The molecule has 3 N–H and O–H groups in total. The fourth-order valence-corrected chi connectivity index (χ4v) is 3.22. The average molecular weight is 453 g/mol. The smallest absolute Gasteiger partial charge is 0.417 e. The van der Waals surface area contributed by atoms with Gasteiger partial charge in [0.15, 0.2) is 11.5 Å². The van der Waals surface area contributed by atoms with Crippen LogP contribution in [0.5, 0.6) is 11.5 Å². The lowest BCUT2D eigenvalue weighted by Crippen LogP contribution is -2.21. The molecule has 0 saturated heterocycles. The SMILES string of the molecule is COc1ccc(C(N)CNc2cc(-c3ccc(C(F)(F)F)c(Cl)c3)ncn2)cc1OC. The van der Waals surface area contributed by atoms with E-state index in [1.54, 1.807) is 32.4 Å². The van der Waals surface area contributed by atoms with Crippen LogP contribution in [0.1, 0.15) is 17.2 Å². The number of hydrogen-bond acceptors (Lipinski definition) is 6. The number of aromatic nitrogens is 2. The minimum atomic E-state index is -4.52. The van der Waals surface area contributed by atoms with E-state index >= 15 is 0 Å². The molecule has 3 rings (SSSR count). The molecule has 0 amide bonds. The summed E-state index contributed by atoms with van der Waals surface area (Å²) in [6, 6.07) is 10.1. The maximum Gasteiger partial charge on any atom is 0.417 e. The summed E-state index contributed by atoms with van der Waals surface area (Å²) in [5.74, 6) is 1.64. The normalized spacial score (nSPS) is 12.4. The average Bonchev–Trinajstić information content (AvgIpc) is 2.76. The Morgan fingerprint density at radius 3 is 2.42 bits per heavy atom. The maximum absolute atomic E-state index is 12.9. The van der Waals surface area contributed by atoms with Crippen LogP contribution in [0.2, 0.25) is 5.02 Å². The summed E-state index contributed by atoms with van der Waals surface area (Å²) < 4.78 is 49.2. The third-order valence-corrected chi connectivity index (χ3v) is 4.89. The van der Waals surface area contributed by atoms with Gasteiger partial charge in [0.1, 0.15) is 12.1 Å². The van der Waals surface area contributed by atoms with E-state index in [1.165, 1.54) is 18.5 Å². The van der Waals surface area contributed by atoms with Gasteiger partial charge < -0.3 is 20.5 Å².